The minimum absolute atomic E-state index is 0.240. The Morgan fingerprint density at radius 3 is 2.33 bits per heavy atom. The van der Waals surface area contributed by atoms with Crippen LogP contribution in [-0.2, 0) is 16.4 Å². The zero-order valence-corrected chi connectivity index (χ0v) is 14.0. The molecule has 0 amide bonds. The first-order valence-corrected chi connectivity index (χ1v) is 9.38. The Hall–Kier alpha value is -2.44. The van der Waals surface area contributed by atoms with E-state index in [4.69, 9.17) is 0 Å². The molecule has 0 saturated heterocycles. The standard InChI is InChI=1S/C18H18N2O3S/c1-24(22,23)17-9-7-15(8-10-17)18(21)13-20-12-16(11-19-20)14-5-3-2-4-6-14/h2-12,18,21H,13H2,1H3. The van der Waals surface area contributed by atoms with Gasteiger partial charge >= 0.3 is 0 Å². The highest BCUT2D eigenvalue weighted by Crippen LogP contribution is 2.21. The molecule has 0 radical (unpaired) electrons. The smallest absolute Gasteiger partial charge is 0.175 e. The molecule has 3 aromatic rings. The third-order valence-electron chi connectivity index (χ3n) is 3.79. The van der Waals surface area contributed by atoms with Crippen molar-refractivity contribution >= 4 is 9.84 Å². The van der Waals surface area contributed by atoms with Crippen molar-refractivity contribution in [1.82, 2.24) is 9.78 Å². The van der Waals surface area contributed by atoms with Gasteiger partial charge in [0.05, 0.1) is 23.7 Å². The number of nitrogens with zero attached hydrogens (tertiary/aromatic N) is 2. The Morgan fingerprint density at radius 2 is 1.71 bits per heavy atom. The van der Waals surface area contributed by atoms with Gasteiger partial charge in [-0.15, -0.1) is 0 Å². The average Bonchev–Trinajstić information content (AvgIpc) is 3.03. The van der Waals surface area contributed by atoms with Gasteiger partial charge < -0.3 is 5.11 Å². The summed E-state index contributed by atoms with van der Waals surface area (Å²) in [5.74, 6) is 0. The Balaban J connectivity index is 1.73. The van der Waals surface area contributed by atoms with E-state index in [0.717, 1.165) is 17.4 Å². The fourth-order valence-corrected chi connectivity index (χ4v) is 3.09. The number of benzene rings is 2. The Morgan fingerprint density at radius 1 is 1.04 bits per heavy atom. The van der Waals surface area contributed by atoms with Crippen LogP contribution >= 0.6 is 0 Å². The molecule has 0 aliphatic rings. The van der Waals surface area contributed by atoms with E-state index in [1.165, 1.54) is 12.1 Å². The van der Waals surface area contributed by atoms with Gasteiger partial charge in [0, 0.05) is 18.0 Å². The second-order valence-corrected chi connectivity index (χ2v) is 7.69. The predicted octanol–water partition coefficient (Wildman–Crippen LogP) is 2.69. The summed E-state index contributed by atoms with van der Waals surface area (Å²) in [6.07, 6.45) is 4.04. The van der Waals surface area contributed by atoms with Gasteiger partial charge in [-0.05, 0) is 23.3 Å². The van der Waals surface area contributed by atoms with E-state index in [1.807, 2.05) is 36.5 Å². The molecule has 3 rings (SSSR count). The number of aliphatic hydroxyl groups excluding tert-OH is 1. The number of hydrogen-bond donors (Lipinski definition) is 1. The average molecular weight is 342 g/mol. The van der Waals surface area contributed by atoms with Gasteiger partial charge in [-0.3, -0.25) is 4.68 Å². The van der Waals surface area contributed by atoms with Crippen LogP contribution in [0.15, 0.2) is 71.9 Å². The van der Waals surface area contributed by atoms with Gasteiger partial charge in [-0.1, -0.05) is 42.5 Å². The van der Waals surface area contributed by atoms with Crippen molar-refractivity contribution in [2.45, 2.75) is 17.5 Å². The minimum atomic E-state index is -3.23. The minimum Gasteiger partial charge on any atom is -0.386 e. The van der Waals surface area contributed by atoms with Crippen molar-refractivity contribution in [3.05, 3.63) is 72.6 Å². The van der Waals surface area contributed by atoms with Crippen LogP contribution in [-0.4, -0.2) is 29.6 Å². The SMILES string of the molecule is CS(=O)(=O)c1ccc(C(O)Cn2cc(-c3ccccc3)cn2)cc1. The quantitative estimate of drug-likeness (QED) is 0.774. The van der Waals surface area contributed by atoms with Crippen LogP contribution in [0, 0.1) is 0 Å². The third-order valence-corrected chi connectivity index (χ3v) is 4.92. The zero-order valence-electron chi connectivity index (χ0n) is 13.2. The molecule has 0 fully saturated rings. The summed E-state index contributed by atoms with van der Waals surface area (Å²) in [6.45, 7) is 0.297. The Labute approximate surface area is 141 Å². The van der Waals surface area contributed by atoms with Crippen molar-refractivity contribution in [2.75, 3.05) is 6.26 Å². The van der Waals surface area contributed by atoms with Crippen molar-refractivity contribution in [2.24, 2.45) is 0 Å². The second-order valence-electron chi connectivity index (χ2n) is 5.67. The van der Waals surface area contributed by atoms with Crippen molar-refractivity contribution in [3.63, 3.8) is 0 Å². The third kappa shape index (κ3) is 3.72. The summed E-state index contributed by atoms with van der Waals surface area (Å²) < 4.78 is 24.6. The maximum Gasteiger partial charge on any atom is 0.175 e. The van der Waals surface area contributed by atoms with E-state index in [9.17, 15) is 13.5 Å². The number of hydrogen-bond acceptors (Lipinski definition) is 4. The number of aliphatic hydroxyl groups is 1. The first-order chi connectivity index (χ1) is 11.4. The van der Waals surface area contributed by atoms with Crippen LogP contribution in [0.25, 0.3) is 11.1 Å². The van der Waals surface area contributed by atoms with Crippen LogP contribution in [0.4, 0.5) is 0 Å². The lowest BCUT2D eigenvalue weighted by molar-refractivity contribution is 0.151. The molecule has 2 aromatic carbocycles. The predicted molar refractivity (Wildman–Crippen MR) is 92.2 cm³/mol. The van der Waals surface area contributed by atoms with Crippen LogP contribution in [0.5, 0.6) is 0 Å². The molecule has 24 heavy (non-hydrogen) atoms. The zero-order chi connectivity index (χ0) is 17.2. The first kappa shape index (κ1) is 16.4. The van der Waals surface area contributed by atoms with E-state index in [-0.39, 0.29) is 4.90 Å². The molecule has 1 atom stereocenters. The van der Waals surface area contributed by atoms with Crippen LogP contribution in [0.2, 0.25) is 0 Å². The second kappa shape index (κ2) is 6.59. The van der Waals surface area contributed by atoms with Crippen molar-refractivity contribution < 1.29 is 13.5 Å². The molecule has 0 aliphatic carbocycles. The Bertz CT molecular complexity index is 916. The topological polar surface area (TPSA) is 72.2 Å². The molecular formula is C18H18N2O3S. The highest BCUT2D eigenvalue weighted by molar-refractivity contribution is 7.90. The first-order valence-electron chi connectivity index (χ1n) is 7.49. The van der Waals surface area contributed by atoms with Crippen molar-refractivity contribution in [3.8, 4) is 11.1 Å². The van der Waals surface area contributed by atoms with Gasteiger partial charge in [-0.25, -0.2) is 8.42 Å². The summed E-state index contributed by atoms with van der Waals surface area (Å²) in [5, 5.41) is 14.6. The summed E-state index contributed by atoms with van der Waals surface area (Å²) in [7, 11) is -3.23. The van der Waals surface area contributed by atoms with E-state index in [0.29, 0.717) is 12.1 Å². The number of aromatic nitrogens is 2. The molecule has 1 heterocycles. The van der Waals surface area contributed by atoms with Gasteiger partial charge in [0.15, 0.2) is 9.84 Å². The fraction of sp³-hybridized carbons (Fsp3) is 0.167. The summed E-state index contributed by atoms with van der Waals surface area (Å²) >= 11 is 0. The van der Waals surface area contributed by atoms with E-state index < -0.39 is 15.9 Å². The molecule has 1 aromatic heterocycles. The molecule has 0 spiro atoms. The fourth-order valence-electron chi connectivity index (χ4n) is 2.46. The van der Waals surface area contributed by atoms with Crippen LogP contribution in [0.3, 0.4) is 0 Å². The largest absolute Gasteiger partial charge is 0.386 e. The monoisotopic (exact) mass is 342 g/mol. The van der Waals surface area contributed by atoms with E-state index in [1.54, 1.807) is 23.0 Å². The van der Waals surface area contributed by atoms with E-state index >= 15 is 0 Å². The molecule has 1 N–H and O–H groups in total. The lowest BCUT2D eigenvalue weighted by atomic mass is 10.1. The van der Waals surface area contributed by atoms with E-state index in [2.05, 4.69) is 5.10 Å². The highest BCUT2D eigenvalue weighted by Gasteiger charge is 2.12. The van der Waals surface area contributed by atoms with Crippen LogP contribution < -0.4 is 0 Å². The molecule has 5 nitrogen and oxygen atoms in total. The summed E-state index contributed by atoms with van der Waals surface area (Å²) in [6, 6.07) is 16.2. The van der Waals surface area contributed by atoms with Crippen LogP contribution in [0.1, 0.15) is 11.7 Å². The van der Waals surface area contributed by atoms with Gasteiger partial charge in [0.25, 0.3) is 0 Å². The lowest BCUT2D eigenvalue weighted by Crippen LogP contribution is -2.09. The molecule has 0 aliphatic heterocycles. The number of rotatable bonds is 5. The van der Waals surface area contributed by atoms with Gasteiger partial charge in [0.2, 0.25) is 0 Å². The van der Waals surface area contributed by atoms with Gasteiger partial charge in [-0.2, -0.15) is 5.10 Å². The van der Waals surface area contributed by atoms with Gasteiger partial charge in [0.1, 0.15) is 0 Å². The molecular weight excluding hydrogens is 324 g/mol. The molecule has 1 unspecified atom stereocenters. The lowest BCUT2D eigenvalue weighted by Gasteiger charge is -2.11. The highest BCUT2D eigenvalue weighted by atomic mass is 32.2. The molecule has 0 bridgehead atoms. The Kier molecular flexibility index (Phi) is 4.51. The summed E-state index contributed by atoms with van der Waals surface area (Å²) in [4.78, 5) is 0.240. The molecule has 6 heteroatoms. The molecule has 0 saturated carbocycles. The normalized spacial score (nSPS) is 12.9. The number of sulfone groups is 1. The maximum atomic E-state index is 11.5. The molecule has 124 valence electrons. The maximum absolute atomic E-state index is 11.5. The summed E-state index contributed by atoms with van der Waals surface area (Å²) in [5.41, 5.74) is 2.70. The van der Waals surface area contributed by atoms with Crippen molar-refractivity contribution in [1.29, 1.82) is 0 Å².